The highest BCUT2D eigenvalue weighted by molar-refractivity contribution is 6.53. The van der Waals surface area contributed by atoms with Gasteiger partial charge in [-0.05, 0) is 36.8 Å². The van der Waals surface area contributed by atoms with Gasteiger partial charge in [0.05, 0.1) is 37.8 Å². The van der Waals surface area contributed by atoms with Crippen LogP contribution in [0.3, 0.4) is 0 Å². The largest absolute Gasteiger partial charge is 0.497 e. The molecule has 0 aliphatic carbocycles. The van der Waals surface area contributed by atoms with E-state index >= 15 is 0 Å². The lowest BCUT2D eigenvalue weighted by atomic mass is 10.2. The third kappa shape index (κ3) is 4.49. The molecule has 0 saturated heterocycles. The van der Waals surface area contributed by atoms with Crippen LogP contribution in [0, 0.1) is 0 Å². The minimum atomic E-state index is -0.708. The normalized spacial score (nSPS) is 13.5. The first-order valence-electron chi connectivity index (χ1n) is 9.46. The van der Waals surface area contributed by atoms with E-state index < -0.39 is 17.8 Å². The zero-order valence-corrected chi connectivity index (χ0v) is 18.0. The van der Waals surface area contributed by atoms with Gasteiger partial charge in [0.15, 0.2) is 0 Å². The minimum Gasteiger partial charge on any atom is -0.497 e. The minimum absolute atomic E-state index is 0.103. The van der Waals surface area contributed by atoms with Gasteiger partial charge in [0, 0.05) is 6.07 Å². The van der Waals surface area contributed by atoms with Crippen LogP contribution in [0.1, 0.15) is 23.7 Å². The summed E-state index contributed by atoms with van der Waals surface area (Å²) in [4.78, 5) is 38.8. The topological polar surface area (TPSA) is 94.2 Å². The molecule has 1 aliphatic heterocycles. The van der Waals surface area contributed by atoms with Gasteiger partial charge in [-0.3, -0.25) is 9.59 Å². The third-order valence-electron chi connectivity index (χ3n) is 4.47. The van der Waals surface area contributed by atoms with Crippen LogP contribution in [-0.4, -0.2) is 38.6 Å². The lowest BCUT2D eigenvalue weighted by molar-refractivity contribution is -0.120. The standard InChI is InChI=1S/C22H21ClN2O6/c1-4-10-31-22(28)13-6-5-7-14(11-13)25-20(26)18(23)19(21(25)27)24-16-9-8-15(29-2)12-17(16)30-3/h5-9,11-12,24H,4,10H2,1-3H3. The number of carbonyl (C=O) groups is 3. The monoisotopic (exact) mass is 444 g/mol. The number of amides is 2. The summed E-state index contributed by atoms with van der Waals surface area (Å²) >= 11 is 6.19. The van der Waals surface area contributed by atoms with Crippen molar-refractivity contribution >= 4 is 40.8 Å². The van der Waals surface area contributed by atoms with Gasteiger partial charge < -0.3 is 19.5 Å². The Hall–Kier alpha value is -3.52. The van der Waals surface area contributed by atoms with Crippen molar-refractivity contribution in [2.24, 2.45) is 0 Å². The van der Waals surface area contributed by atoms with Gasteiger partial charge in [0.1, 0.15) is 22.2 Å². The molecule has 0 atom stereocenters. The maximum atomic E-state index is 13.0. The summed E-state index contributed by atoms with van der Waals surface area (Å²) in [5, 5.41) is 2.59. The van der Waals surface area contributed by atoms with Crippen molar-refractivity contribution in [2.45, 2.75) is 13.3 Å². The molecule has 162 valence electrons. The molecule has 0 radical (unpaired) electrons. The summed E-state index contributed by atoms with van der Waals surface area (Å²) in [6, 6.07) is 11.0. The predicted molar refractivity (Wildman–Crippen MR) is 116 cm³/mol. The van der Waals surface area contributed by atoms with Gasteiger partial charge in [-0.2, -0.15) is 0 Å². The highest BCUT2D eigenvalue weighted by atomic mass is 35.5. The van der Waals surface area contributed by atoms with E-state index in [1.54, 1.807) is 30.3 Å². The number of nitrogens with zero attached hydrogens (tertiary/aromatic N) is 1. The van der Waals surface area contributed by atoms with Crippen LogP contribution in [0.2, 0.25) is 0 Å². The van der Waals surface area contributed by atoms with E-state index in [-0.39, 0.29) is 28.6 Å². The third-order valence-corrected chi connectivity index (χ3v) is 4.82. The van der Waals surface area contributed by atoms with Crippen molar-refractivity contribution in [1.82, 2.24) is 0 Å². The molecule has 9 heteroatoms. The van der Waals surface area contributed by atoms with Crippen molar-refractivity contribution in [1.29, 1.82) is 0 Å². The number of ether oxygens (including phenoxy) is 3. The molecule has 1 heterocycles. The molecule has 8 nitrogen and oxygen atoms in total. The van der Waals surface area contributed by atoms with E-state index in [1.807, 2.05) is 6.92 Å². The number of carbonyl (C=O) groups excluding carboxylic acids is 3. The molecular weight excluding hydrogens is 424 g/mol. The number of nitrogens with one attached hydrogen (secondary N) is 1. The molecule has 2 aromatic rings. The molecule has 0 spiro atoms. The van der Waals surface area contributed by atoms with Crippen molar-refractivity contribution in [3.63, 3.8) is 0 Å². The number of esters is 1. The van der Waals surface area contributed by atoms with Gasteiger partial charge >= 0.3 is 5.97 Å². The molecule has 1 N–H and O–H groups in total. The molecule has 0 aromatic heterocycles. The fourth-order valence-corrected chi connectivity index (χ4v) is 3.14. The number of hydrogen-bond donors (Lipinski definition) is 1. The Balaban J connectivity index is 1.88. The highest BCUT2D eigenvalue weighted by Gasteiger charge is 2.39. The molecule has 2 aromatic carbocycles. The van der Waals surface area contributed by atoms with E-state index in [1.165, 1.54) is 26.4 Å². The van der Waals surface area contributed by atoms with Gasteiger partial charge in [0.2, 0.25) is 0 Å². The van der Waals surface area contributed by atoms with Crippen molar-refractivity contribution in [2.75, 3.05) is 31.0 Å². The molecule has 31 heavy (non-hydrogen) atoms. The molecular formula is C22H21ClN2O6. The first-order valence-corrected chi connectivity index (χ1v) is 9.83. The van der Waals surface area contributed by atoms with E-state index in [9.17, 15) is 14.4 Å². The Morgan fingerprint density at radius 3 is 2.52 bits per heavy atom. The Labute approximate surface area is 184 Å². The number of rotatable bonds is 8. The molecule has 3 rings (SSSR count). The fourth-order valence-electron chi connectivity index (χ4n) is 2.93. The number of halogens is 1. The summed E-state index contributed by atoms with van der Waals surface area (Å²) < 4.78 is 15.6. The number of anilines is 2. The average Bonchev–Trinajstić information content (AvgIpc) is 3.00. The van der Waals surface area contributed by atoms with Crippen LogP contribution in [-0.2, 0) is 14.3 Å². The van der Waals surface area contributed by atoms with Crippen LogP contribution in [0.4, 0.5) is 11.4 Å². The summed E-state index contributed by atoms with van der Waals surface area (Å²) in [5.41, 5.74) is 0.754. The second kappa shape index (κ2) is 9.53. The lowest BCUT2D eigenvalue weighted by Gasteiger charge is -2.16. The maximum Gasteiger partial charge on any atom is 0.338 e. The zero-order valence-electron chi connectivity index (χ0n) is 17.2. The summed E-state index contributed by atoms with van der Waals surface area (Å²) in [7, 11) is 2.98. The Morgan fingerprint density at radius 1 is 1.06 bits per heavy atom. The molecule has 0 saturated carbocycles. The van der Waals surface area contributed by atoms with Crippen LogP contribution < -0.4 is 19.7 Å². The van der Waals surface area contributed by atoms with Gasteiger partial charge in [-0.15, -0.1) is 0 Å². The second-order valence-electron chi connectivity index (χ2n) is 6.51. The van der Waals surface area contributed by atoms with Crippen molar-refractivity contribution in [3.8, 4) is 11.5 Å². The zero-order chi connectivity index (χ0) is 22.5. The van der Waals surface area contributed by atoms with Crippen molar-refractivity contribution in [3.05, 3.63) is 58.8 Å². The van der Waals surface area contributed by atoms with Gasteiger partial charge in [0.25, 0.3) is 11.8 Å². The molecule has 2 amide bonds. The van der Waals surface area contributed by atoms with E-state index in [4.69, 9.17) is 25.8 Å². The maximum absolute atomic E-state index is 13.0. The van der Waals surface area contributed by atoms with Crippen LogP contribution in [0.25, 0.3) is 0 Å². The van der Waals surface area contributed by atoms with Crippen LogP contribution >= 0.6 is 11.6 Å². The molecule has 1 aliphatic rings. The molecule has 0 fully saturated rings. The average molecular weight is 445 g/mol. The first-order chi connectivity index (χ1) is 14.9. The number of hydrogen-bond acceptors (Lipinski definition) is 7. The Bertz CT molecular complexity index is 1070. The highest BCUT2D eigenvalue weighted by Crippen LogP contribution is 2.34. The summed E-state index contributed by atoms with van der Waals surface area (Å²) in [5.74, 6) is -0.948. The van der Waals surface area contributed by atoms with Gasteiger partial charge in [-0.25, -0.2) is 9.69 Å². The van der Waals surface area contributed by atoms with E-state index in [0.29, 0.717) is 23.6 Å². The lowest BCUT2D eigenvalue weighted by Crippen LogP contribution is -2.32. The first kappa shape index (κ1) is 22.2. The van der Waals surface area contributed by atoms with Crippen molar-refractivity contribution < 1.29 is 28.6 Å². The van der Waals surface area contributed by atoms with Crippen LogP contribution in [0.15, 0.2) is 53.2 Å². The van der Waals surface area contributed by atoms with Crippen LogP contribution in [0.5, 0.6) is 11.5 Å². The Morgan fingerprint density at radius 2 is 1.84 bits per heavy atom. The predicted octanol–water partition coefficient (Wildman–Crippen LogP) is 3.71. The summed E-state index contributed by atoms with van der Waals surface area (Å²) in [6.45, 7) is 2.15. The number of imide groups is 1. The SMILES string of the molecule is CCCOC(=O)c1cccc(N2C(=O)C(Cl)=C(Nc3ccc(OC)cc3OC)C2=O)c1. The molecule has 0 unspecified atom stereocenters. The molecule has 0 bridgehead atoms. The number of methoxy groups -OCH3 is 2. The summed E-state index contributed by atoms with van der Waals surface area (Å²) in [6.07, 6.45) is 0.678. The smallest absolute Gasteiger partial charge is 0.338 e. The number of benzene rings is 2. The van der Waals surface area contributed by atoms with Gasteiger partial charge in [-0.1, -0.05) is 24.6 Å². The van der Waals surface area contributed by atoms with E-state index in [2.05, 4.69) is 5.32 Å². The fraction of sp³-hybridized carbons (Fsp3) is 0.227. The Kier molecular flexibility index (Phi) is 6.81. The quantitative estimate of drug-likeness (QED) is 0.490. The second-order valence-corrected chi connectivity index (χ2v) is 6.89. The van der Waals surface area contributed by atoms with E-state index in [0.717, 1.165) is 4.90 Å².